The van der Waals surface area contributed by atoms with E-state index in [-0.39, 0.29) is 0 Å². The monoisotopic (exact) mass is 382 g/mol. The Morgan fingerprint density at radius 1 is 1.22 bits per heavy atom. The number of pyridine rings is 1. The smallest absolute Gasteiger partial charge is 0.224 e. The molecular formula is C20H26N6S. The zero-order valence-electron chi connectivity index (χ0n) is 15.9. The number of nitrogens with one attached hydrogen (secondary N) is 2. The number of anilines is 2. The fourth-order valence-electron chi connectivity index (χ4n) is 3.37. The molecule has 1 aliphatic carbocycles. The molecule has 0 unspecified atom stereocenters. The van der Waals surface area contributed by atoms with Gasteiger partial charge < -0.3 is 10.6 Å². The molecule has 7 heteroatoms. The van der Waals surface area contributed by atoms with Gasteiger partial charge in [-0.05, 0) is 37.0 Å². The minimum absolute atomic E-state index is 0.482. The third-order valence-corrected chi connectivity index (χ3v) is 5.84. The van der Waals surface area contributed by atoms with Crippen LogP contribution >= 0.6 is 11.8 Å². The van der Waals surface area contributed by atoms with Gasteiger partial charge in [0.1, 0.15) is 22.5 Å². The minimum atomic E-state index is 0.482. The van der Waals surface area contributed by atoms with E-state index in [4.69, 9.17) is 0 Å². The van der Waals surface area contributed by atoms with Crippen LogP contribution in [0.25, 0.3) is 0 Å². The molecule has 0 aromatic carbocycles. The molecule has 142 valence electrons. The van der Waals surface area contributed by atoms with E-state index in [9.17, 15) is 5.26 Å². The normalized spacial score (nSPS) is 19.3. The molecule has 1 fully saturated rings. The quantitative estimate of drug-likeness (QED) is 0.690. The molecule has 0 atom stereocenters. The predicted octanol–water partition coefficient (Wildman–Crippen LogP) is 4.32. The lowest BCUT2D eigenvalue weighted by Gasteiger charge is -2.26. The molecule has 0 spiro atoms. The van der Waals surface area contributed by atoms with Crippen molar-refractivity contribution in [1.29, 1.82) is 5.26 Å². The standard InChI is InChI=1S/C20H26N6S/c1-14-5-7-15(8-6-14)11-23-18-17(10-21)13-25-20(26-18)24-12-16-4-3-9-22-19(16)27-2/h3-4,9,13-15H,5-8,11-12H2,1-2H3,(H2,23,24,25,26). The second-order valence-electron chi connectivity index (χ2n) is 7.10. The Kier molecular flexibility index (Phi) is 6.88. The highest BCUT2D eigenvalue weighted by Gasteiger charge is 2.18. The second-order valence-corrected chi connectivity index (χ2v) is 7.89. The summed E-state index contributed by atoms with van der Waals surface area (Å²) in [5.74, 6) is 2.62. The molecule has 0 bridgehead atoms. The molecule has 0 radical (unpaired) electrons. The third-order valence-electron chi connectivity index (χ3n) is 5.08. The van der Waals surface area contributed by atoms with Crippen molar-refractivity contribution in [2.75, 3.05) is 23.4 Å². The van der Waals surface area contributed by atoms with Crippen LogP contribution in [-0.2, 0) is 6.54 Å². The number of nitrogens with zero attached hydrogens (tertiary/aromatic N) is 4. The first kappa shape index (κ1) is 19.4. The van der Waals surface area contributed by atoms with Crippen molar-refractivity contribution in [3.8, 4) is 6.07 Å². The van der Waals surface area contributed by atoms with Gasteiger partial charge in [0, 0.05) is 24.8 Å². The first-order valence-electron chi connectivity index (χ1n) is 9.42. The van der Waals surface area contributed by atoms with Crippen LogP contribution in [0.5, 0.6) is 0 Å². The van der Waals surface area contributed by atoms with Gasteiger partial charge in [-0.15, -0.1) is 11.8 Å². The van der Waals surface area contributed by atoms with Gasteiger partial charge in [-0.2, -0.15) is 10.2 Å². The van der Waals surface area contributed by atoms with E-state index >= 15 is 0 Å². The van der Waals surface area contributed by atoms with Crippen molar-refractivity contribution in [2.24, 2.45) is 11.8 Å². The van der Waals surface area contributed by atoms with Gasteiger partial charge in [-0.3, -0.25) is 0 Å². The summed E-state index contributed by atoms with van der Waals surface area (Å²) in [6.07, 6.45) is 10.4. The van der Waals surface area contributed by atoms with E-state index in [1.165, 1.54) is 25.7 Å². The molecule has 1 aliphatic rings. The molecule has 0 aliphatic heterocycles. The lowest BCUT2D eigenvalue weighted by Crippen LogP contribution is -2.21. The highest BCUT2D eigenvalue weighted by molar-refractivity contribution is 7.98. The van der Waals surface area contributed by atoms with Crippen molar-refractivity contribution in [2.45, 2.75) is 44.2 Å². The summed E-state index contributed by atoms with van der Waals surface area (Å²) in [5.41, 5.74) is 1.58. The van der Waals surface area contributed by atoms with Crippen molar-refractivity contribution < 1.29 is 0 Å². The average Bonchev–Trinajstić information content (AvgIpc) is 2.72. The van der Waals surface area contributed by atoms with Crippen LogP contribution in [0.4, 0.5) is 11.8 Å². The van der Waals surface area contributed by atoms with Crippen LogP contribution in [0.3, 0.4) is 0 Å². The summed E-state index contributed by atoms with van der Waals surface area (Å²) in [5, 5.41) is 17.0. The highest BCUT2D eigenvalue weighted by atomic mass is 32.2. The van der Waals surface area contributed by atoms with Gasteiger partial charge in [0.25, 0.3) is 0 Å². The predicted molar refractivity (Wildman–Crippen MR) is 110 cm³/mol. The summed E-state index contributed by atoms with van der Waals surface area (Å²) in [7, 11) is 0. The fraction of sp³-hybridized carbons (Fsp3) is 0.500. The lowest BCUT2D eigenvalue weighted by atomic mass is 9.83. The van der Waals surface area contributed by atoms with Crippen LogP contribution in [-0.4, -0.2) is 27.8 Å². The first-order valence-corrected chi connectivity index (χ1v) is 10.6. The average molecular weight is 383 g/mol. The molecule has 2 N–H and O–H groups in total. The number of thioether (sulfide) groups is 1. The van der Waals surface area contributed by atoms with Crippen molar-refractivity contribution in [1.82, 2.24) is 15.0 Å². The molecule has 0 saturated heterocycles. The van der Waals surface area contributed by atoms with E-state index < -0.39 is 0 Å². The van der Waals surface area contributed by atoms with Crippen molar-refractivity contribution in [3.63, 3.8) is 0 Å². The Morgan fingerprint density at radius 3 is 2.78 bits per heavy atom. The zero-order valence-corrected chi connectivity index (χ0v) is 16.7. The first-order chi connectivity index (χ1) is 13.2. The van der Waals surface area contributed by atoms with Crippen LogP contribution in [0.1, 0.15) is 43.7 Å². The van der Waals surface area contributed by atoms with Crippen molar-refractivity contribution >= 4 is 23.5 Å². The Balaban J connectivity index is 1.63. The highest BCUT2D eigenvalue weighted by Crippen LogP contribution is 2.28. The number of nitriles is 1. The lowest BCUT2D eigenvalue weighted by molar-refractivity contribution is 0.300. The van der Waals surface area contributed by atoms with E-state index in [2.05, 4.69) is 38.6 Å². The Morgan fingerprint density at radius 2 is 2.04 bits per heavy atom. The molecule has 2 heterocycles. The maximum atomic E-state index is 9.36. The molecule has 27 heavy (non-hydrogen) atoms. The third kappa shape index (κ3) is 5.33. The number of hydrogen-bond donors (Lipinski definition) is 2. The topological polar surface area (TPSA) is 86.5 Å². The molecule has 0 amide bonds. The van der Waals surface area contributed by atoms with Gasteiger partial charge in [-0.25, -0.2) is 9.97 Å². The summed E-state index contributed by atoms with van der Waals surface area (Å²) in [4.78, 5) is 13.2. The maximum Gasteiger partial charge on any atom is 0.224 e. The molecular weight excluding hydrogens is 356 g/mol. The van der Waals surface area contributed by atoms with E-state index in [1.807, 2.05) is 18.4 Å². The summed E-state index contributed by atoms with van der Waals surface area (Å²) in [6.45, 7) is 3.78. The fourth-order valence-corrected chi connectivity index (χ4v) is 3.94. The largest absolute Gasteiger partial charge is 0.369 e. The van der Waals surface area contributed by atoms with Crippen molar-refractivity contribution in [3.05, 3.63) is 35.7 Å². The second kappa shape index (κ2) is 9.56. The summed E-state index contributed by atoms with van der Waals surface area (Å²) < 4.78 is 0. The SMILES string of the molecule is CSc1ncccc1CNc1ncc(C#N)c(NCC2CCC(C)CC2)n1. The Hall–Kier alpha value is -2.33. The van der Waals surface area contributed by atoms with Crippen LogP contribution in [0, 0.1) is 23.2 Å². The maximum absolute atomic E-state index is 9.36. The molecule has 6 nitrogen and oxygen atoms in total. The van der Waals surface area contributed by atoms with Crippen LogP contribution in [0.15, 0.2) is 29.6 Å². The Labute approximate surface area is 165 Å². The Bertz CT molecular complexity index is 795. The molecule has 2 aromatic heterocycles. The van der Waals surface area contributed by atoms with Gasteiger partial charge in [0.15, 0.2) is 0 Å². The zero-order chi connectivity index (χ0) is 19.1. The number of hydrogen-bond acceptors (Lipinski definition) is 7. The van der Waals surface area contributed by atoms with Gasteiger partial charge in [-0.1, -0.05) is 25.8 Å². The molecule has 3 rings (SSSR count). The van der Waals surface area contributed by atoms with E-state index in [0.29, 0.717) is 29.8 Å². The number of aromatic nitrogens is 3. The number of rotatable bonds is 7. The molecule has 2 aromatic rings. The van der Waals surface area contributed by atoms with E-state index in [0.717, 1.165) is 23.1 Å². The van der Waals surface area contributed by atoms with Crippen LogP contribution in [0.2, 0.25) is 0 Å². The van der Waals surface area contributed by atoms with E-state index in [1.54, 1.807) is 24.2 Å². The van der Waals surface area contributed by atoms with Gasteiger partial charge in [0.2, 0.25) is 5.95 Å². The van der Waals surface area contributed by atoms with Crippen LogP contribution < -0.4 is 10.6 Å². The van der Waals surface area contributed by atoms with Gasteiger partial charge in [0.05, 0.1) is 6.20 Å². The molecule has 1 saturated carbocycles. The summed E-state index contributed by atoms with van der Waals surface area (Å²) in [6, 6.07) is 6.15. The minimum Gasteiger partial charge on any atom is -0.369 e. The summed E-state index contributed by atoms with van der Waals surface area (Å²) >= 11 is 1.62. The van der Waals surface area contributed by atoms with Gasteiger partial charge >= 0.3 is 0 Å².